The molecule has 1 aromatic heterocycles. The first kappa shape index (κ1) is 12.2. The van der Waals surface area contributed by atoms with Gasteiger partial charge in [0.1, 0.15) is 6.33 Å². The molecule has 5 nitrogen and oxygen atoms in total. The zero-order chi connectivity index (χ0) is 8.97. The van der Waals surface area contributed by atoms with Crippen LogP contribution in [-0.4, -0.2) is 32.9 Å². The van der Waals surface area contributed by atoms with Crippen LogP contribution < -0.4 is 5.84 Å². The SMILES string of the molecule is CCN(CC)Cc1nncn1N.S. The first-order valence-electron chi connectivity index (χ1n) is 4.14. The van der Waals surface area contributed by atoms with E-state index in [4.69, 9.17) is 5.84 Å². The largest absolute Gasteiger partial charge is 0.336 e. The van der Waals surface area contributed by atoms with Crippen LogP contribution in [0.1, 0.15) is 19.7 Å². The molecule has 0 radical (unpaired) electrons. The van der Waals surface area contributed by atoms with Gasteiger partial charge in [0.25, 0.3) is 0 Å². The van der Waals surface area contributed by atoms with Crippen LogP contribution in [0, 0.1) is 0 Å². The summed E-state index contributed by atoms with van der Waals surface area (Å²) in [5.74, 6) is 6.37. The van der Waals surface area contributed by atoms with Gasteiger partial charge in [0.2, 0.25) is 0 Å². The molecule has 1 aromatic rings. The second-order valence-electron chi connectivity index (χ2n) is 2.62. The van der Waals surface area contributed by atoms with Crippen LogP contribution in [0.15, 0.2) is 6.33 Å². The van der Waals surface area contributed by atoms with E-state index in [0.717, 1.165) is 25.5 Å². The van der Waals surface area contributed by atoms with Crippen molar-refractivity contribution in [2.24, 2.45) is 0 Å². The Morgan fingerprint density at radius 1 is 1.46 bits per heavy atom. The third-order valence-electron chi connectivity index (χ3n) is 1.91. The molecule has 0 spiro atoms. The van der Waals surface area contributed by atoms with E-state index in [1.807, 2.05) is 0 Å². The van der Waals surface area contributed by atoms with Crippen molar-refractivity contribution in [1.82, 2.24) is 19.8 Å². The smallest absolute Gasteiger partial charge is 0.165 e. The Balaban J connectivity index is 0.00000144. The first-order valence-corrected chi connectivity index (χ1v) is 4.14. The fourth-order valence-corrected chi connectivity index (χ4v) is 1.03. The van der Waals surface area contributed by atoms with Crippen LogP contribution in [-0.2, 0) is 6.54 Å². The summed E-state index contributed by atoms with van der Waals surface area (Å²) in [4.78, 5) is 2.23. The highest BCUT2D eigenvalue weighted by atomic mass is 32.1. The van der Waals surface area contributed by atoms with Crippen molar-refractivity contribution in [3.8, 4) is 0 Å². The van der Waals surface area contributed by atoms with Crippen LogP contribution in [0.5, 0.6) is 0 Å². The van der Waals surface area contributed by atoms with Crippen LogP contribution in [0.4, 0.5) is 0 Å². The van der Waals surface area contributed by atoms with Gasteiger partial charge in [-0.25, -0.2) is 4.68 Å². The summed E-state index contributed by atoms with van der Waals surface area (Å²) >= 11 is 0. The lowest BCUT2D eigenvalue weighted by Crippen LogP contribution is -2.25. The van der Waals surface area contributed by atoms with E-state index in [9.17, 15) is 0 Å². The topological polar surface area (TPSA) is 60.0 Å². The van der Waals surface area contributed by atoms with Gasteiger partial charge >= 0.3 is 0 Å². The average molecular weight is 203 g/mol. The van der Waals surface area contributed by atoms with Gasteiger partial charge in [-0.15, -0.1) is 10.2 Å². The number of hydrogen-bond donors (Lipinski definition) is 1. The van der Waals surface area contributed by atoms with E-state index in [0.29, 0.717) is 0 Å². The minimum atomic E-state index is 0. The zero-order valence-electron chi connectivity index (χ0n) is 8.06. The lowest BCUT2D eigenvalue weighted by molar-refractivity contribution is 0.285. The average Bonchev–Trinajstić information content (AvgIpc) is 2.47. The molecule has 0 atom stereocenters. The Morgan fingerprint density at radius 2 is 2.08 bits per heavy atom. The predicted molar refractivity (Wildman–Crippen MR) is 57.2 cm³/mol. The second-order valence-corrected chi connectivity index (χ2v) is 2.62. The molecule has 0 aliphatic heterocycles. The molecule has 0 saturated heterocycles. The fourth-order valence-electron chi connectivity index (χ4n) is 1.03. The molecular formula is C7H17N5S. The summed E-state index contributed by atoms with van der Waals surface area (Å²) in [6, 6.07) is 0. The molecule has 0 aliphatic rings. The molecule has 6 heteroatoms. The minimum absolute atomic E-state index is 0. The Bertz CT molecular complexity index is 233. The van der Waals surface area contributed by atoms with E-state index in [1.54, 1.807) is 0 Å². The molecule has 0 amide bonds. The summed E-state index contributed by atoms with van der Waals surface area (Å²) in [6.45, 7) is 7.00. The number of aromatic nitrogens is 3. The third-order valence-corrected chi connectivity index (χ3v) is 1.91. The van der Waals surface area contributed by atoms with Crippen LogP contribution in [0.3, 0.4) is 0 Å². The summed E-state index contributed by atoms with van der Waals surface area (Å²) in [6.07, 6.45) is 1.51. The summed E-state index contributed by atoms with van der Waals surface area (Å²) < 4.78 is 1.46. The van der Waals surface area contributed by atoms with E-state index in [2.05, 4.69) is 28.9 Å². The quantitative estimate of drug-likeness (QED) is 0.697. The molecule has 1 heterocycles. The number of nitrogen functional groups attached to an aromatic ring is 1. The third kappa shape index (κ3) is 3.23. The monoisotopic (exact) mass is 203 g/mol. The normalized spacial score (nSPS) is 10.1. The van der Waals surface area contributed by atoms with Crippen LogP contribution in [0.25, 0.3) is 0 Å². The molecule has 0 aliphatic carbocycles. The van der Waals surface area contributed by atoms with Crippen molar-refractivity contribution in [2.45, 2.75) is 20.4 Å². The highest BCUT2D eigenvalue weighted by Gasteiger charge is 2.05. The molecule has 13 heavy (non-hydrogen) atoms. The molecule has 0 bridgehead atoms. The minimum Gasteiger partial charge on any atom is -0.336 e. The van der Waals surface area contributed by atoms with Gasteiger partial charge in [0.15, 0.2) is 5.82 Å². The molecule has 1 rings (SSSR count). The zero-order valence-corrected chi connectivity index (χ0v) is 9.06. The Kier molecular flexibility index (Phi) is 5.48. The number of rotatable bonds is 4. The predicted octanol–water partition coefficient (Wildman–Crippen LogP) is -0.0535. The van der Waals surface area contributed by atoms with Crippen LogP contribution in [0.2, 0.25) is 0 Å². The van der Waals surface area contributed by atoms with Gasteiger partial charge in [-0.3, -0.25) is 4.90 Å². The summed E-state index contributed by atoms with van der Waals surface area (Å²) in [5.41, 5.74) is 0. The highest BCUT2D eigenvalue weighted by molar-refractivity contribution is 7.59. The maximum atomic E-state index is 5.56. The second kappa shape index (κ2) is 5.82. The molecule has 76 valence electrons. The maximum Gasteiger partial charge on any atom is 0.165 e. The van der Waals surface area contributed by atoms with Gasteiger partial charge in [-0.05, 0) is 13.1 Å². The molecular weight excluding hydrogens is 186 g/mol. The Labute approximate surface area is 85.3 Å². The molecule has 0 aromatic carbocycles. The summed E-state index contributed by atoms with van der Waals surface area (Å²) in [7, 11) is 0. The number of hydrogen-bond acceptors (Lipinski definition) is 4. The molecule has 0 saturated carbocycles. The van der Waals surface area contributed by atoms with Gasteiger partial charge in [0, 0.05) is 0 Å². The maximum absolute atomic E-state index is 5.56. The van der Waals surface area contributed by atoms with Crippen molar-refractivity contribution in [3.63, 3.8) is 0 Å². The van der Waals surface area contributed by atoms with Gasteiger partial charge in [0.05, 0.1) is 6.54 Å². The Morgan fingerprint density at radius 3 is 2.46 bits per heavy atom. The first-order chi connectivity index (χ1) is 5.77. The van der Waals surface area contributed by atoms with Gasteiger partial charge < -0.3 is 5.84 Å². The van der Waals surface area contributed by atoms with Crippen molar-refractivity contribution in [3.05, 3.63) is 12.2 Å². The van der Waals surface area contributed by atoms with Crippen LogP contribution >= 0.6 is 13.5 Å². The van der Waals surface area contributed by atoms with E-state index in [-0.39, 0.29) is 13.5 Å². The van der Waals surface area contributed by atoms with E-state index < -0.39 is 0 Å². The van der Waals surface area contributed by atoms with Gasteiger partial charge in [-0.1, -0.05) is 13.8 Å². The van der Waals surface area contributed by atoms with Crippen molar-refractivity contribution in [2.75, 3.05) is 18.9 Å². The van der Waals surface area contributed by atoms with Crippen molar-refractivity contribution in [1.29, 1.82) is 0 Å². The standard InChI is InChI=1S/C7H15N5.H2S/c1-3-11(4-2)5-7-10-9-6-12(7)8;/h6H,3-5,8H2,1-2H3;1H2. The number of nitrogens with zero attached hydrogens (tertiary/aromatic N) is 4. The van der Waals surface area contributed by atoms with Crippen molar-refractivity contribution < 1.29 is 0 Å². The van der Waals surface area contributed by atoms with Crippen molar-refractivity contribution >= 4 is 13.5 Å². The molecule has 2 N–H and O–H groups in total. The molecule has 0 fully saturated rings. The number of nitrogens with two attached hydrogens (primary N) is 1. The van der Waals surface area contributed by atoms with Gasteiger partial charge in [-0.2, -0.15) is 13.5 Å². The Hall–Kier alpha value is -0.750. The highest BCUT2D eigenvalue weighted by Crippen LogP contribution is 1.97. The fraction of sp³-hybridized carbons (Fsp3) is 0.714. The lowest BCUT2D eigenvalue weighted by Gasteiger charge is -2.16. The van der Waals surface area contributed by atoms with E-state index >= 15 is 0 Å². The molecule has 0 unspecified atom stereocenters. The van der Waals surface area contributed by atoms with E-state index in [1.165, 1.54) is 11.0 Å². The lowest BCUT2D eigenvalue weighted by atomic mass is 10.4. The summed E-state index contributed by atoms with van der Waals surface area (Å²) in [5, 5.41) is 7.60.